The third kappa shape index (κ3) is 6.42. The Kier molecular flexibility index (Phi) is 8.51. The van der Waals surface area contributed by atoms with E-state index in [1.165, 1.54) is 38.4 Å². The van der Waals surface area contributed by atoms with Gasteiger partial charge in [0.25, 0.3) is 0 Å². The SMILES string of the molecule is c1ccc(-c2cccc(-c3nc(-c4cccc(-c5ccc(-c6ccccc6)cc5-c5cccc6ccccc56)c4)nc(-c4ccc5ccccc5c4)n3)c2)cc1. The molecule has 0 saturated carbocycles. The molecule has 9 aromatic carbocycles. The van der Waals surface area contributed by atoms with E-state index in [1.807, 2.05) is 6.07 Å². The minimum atomic E-state index is 0.623. The Morgan fingerprint density at radius 3 is 1.38 bits per heavy atom. The molecule has 3 heteroatoms. The van der Waals surface area contributed by atoms with Crippen LogP contribution in [0.25, 0.3) is 100 Å². The van der Waals surface area contributed by atoms with Crippen LogP contribution in [-0.2, 0) is 0 Å². The predicted octanol–water partition coefficient (Wildman–Crippen LogP) is 13.8. The van der Waals surface area contributed by atoms with Gasteiger partial charge in [0.1, 0.15) is 0 Å². The monoisotopic (exact) mass is 713 g/mol. The van der Waals surface area contributed by atoms with Crippen LogP contribution in [0, 0.1) is 0 Å². The summed E-state index contributed by atoms with van der Waals surface area (Å²) in [5.74, 6) is 1.89. The summed E-state index contributed by atoms with van der Waals surface area (Å²) in [6.07, 6.45) is 0. The highest BCUT2D eigenvalue weighted by Gasteiger charge is 2.17. The van der Waals surface area contributed by atoms with Gasteiger partial charge in [0.2, 0.25) is 0 Å². The molecule has 0 unspecified atom stereocenters. The van der Waals surface area contributed by atoms with E-state index in [0.717, 1.165) is 44.3 Å². The molecule has 0 N–H and O–H groups in total. The third-order valence-corrected chi connectivity index (χ3v) is 10.5. The van der Waals surface area contributed by atoms with Crippen molar-refractivity contribution in [3.8, 4) is 78.7 Å². The minimum Gasteiger partial charge on any atom is -0.208 e. The molecule has 1 aromatic heterocycles. The minimum absolute atomic E-state index is 0.623. The molecular weight excluding hydrogens is 679 g/mol. The number of hydrogen-bond acceptors (Lipinski definition) is 3. The van der Waals surface area contributed by atoms with E-state index in [9.17, 15) is 0 Å². The van der Waals surface area contributed by atoms with Crippen LogP contribution in [0.3, 0.4) is 0 Å². The zero-order valence-corrected chi connectivity index (χ0v) is 30.5. The molecule has 3 nitrogen and oxygen atoms in total. The van der Waals surface area contributed by atoms with Crippen LogP contribution < -0.4 is 0 Å². The number of aromatic nitrogens is 3. The first-order chi connectivity index (χ1) is 27.7. The highest BCUT2D eigenvalue weighted by Crippen LogP contribution is 2.40. The zero-order chi connectivity index (χ0) is 37.3. The summed E-state index contributed by atoms with van der Waals surface area (Å²) in [5, 5.41) is 4.75. The average molecular weight is 714 g/mol. The molecule has 0 aliphatic carbocycles. The van der Waals surface area contributed by atoms with Gasteiger partial charge in [-0.3, -0.25) is 0 Å². The summed E-state index contributed by atoms with van der Waals surface area (Å²) >= 11 is 0. The second kappa shape index (κ2) is 14.4. The maximum Gasteiger partial charge on any atom is 0.164 e. The highest BCUT2D eigenvalue weighted by molar-refractivity contribution is 6.01. The van der Waals surface area contributed by atoms with Crippen molar-refractivity contribution in [1.82, 2.24) is 15.0 Å². The lowest BCUT2D eigenvalue weighted by Gasteiger charge is -2.16. The summed E-state index contributed by atoms with van der Waals surface area (Å²) < 4.78 is 0. The third-order valence-electron chi connectivity index (χ3n) is 10.5. The summed E-state index contributed by atoms with van der Waals surface area (Å²) in [5.41, 5.74) is 12.0. The number of benzene rings is 9. The second-order valence-electron chi connectivity index (χ2n) is 14.0. The van der Waals surface area contributed by atoms with Crippen molar-refractivity contribution in [2.24, 2.45) is 0 Å². The number of fused-ring (bicyclic) bond motifs is 2. The van der Waals surface area contributed by atoms with Crippen LogP contribution >= 0.6 is 0 Å². The van der Waals surface area contributed by atoms with E-state index >= 15 is 0 Å². The van der Waals surface area contributed by atoms with Gasteiger partial charge >= 0.3 is 0 Å². The number of nitrogens with zero attached hydrogens (tertiary/aromatic N) is 3. The van der Waals surface area contributed by atoms with Crippen molar-refractivity contribution in [3.63, 3.8) is 0 Å². The van der Waals surface area contributed by atoms with Gasteiger partial charge in [0, 0.05) is 16.7 Å². The van der Waals surface area contributed by atoms with E-state index in [0.29, 0.717) is 17.5 Å². The molecule has 0 aliphatic heterocycles. The summed E-state index contributed by atoms with van der Waals surface area (Å²) in [4.78, 5) is 15.5. The lowest BCUT2D eigenvalue weighted by molar-refractivity contribution is 1.07. The summed E-state index contributed by atoms with van der Waals surface area (Å²) in [6.45, 7) is 0. The molecule has 0 radical (unpaired) electrons. The zero-order valence-electron chi connectivity index (χ0n) is 30.5. The van der Waals surface area contributed by atoms with Crippen molar-refractivity contribution in [1.29, 1.82) is 0 Å². The second-order valence-corrected chi connectivity index (χ2v) is 14.0. The quantitative estimate of drug-likeness (QED) is 0.165. The fourth-order valence-electron chi connectivity index (χ4n) is 7.68. The summed E-state index contributed by atoms with van der Waals surface area (Å²) in [6, 6.07) is 74.9. The molecule has 0 saturated heterocycles. The van der Waals surface area contributed by atoms with Gasteiger partial charge in [0.05, 0.1) is 0 Å². The topological polar surface area (TPSA) is 38.7 Å². The fraction of sp³-hybridized carbons (Fsp3) is 0. The Hall–Kier alpha value is -7.49. The van der Waals surface area contributed by atoms with Gasteiger partial charge in [0.15, 0.2) is 17.5 Å². The highest BCUT2D eigenvalue weighted by atomic mass is 15.0. The van der Waals surface area contributed by atoms with Crippen molar-refractivity contribution in [3.05, 3.63) is 212 Å². The Labute approximate surface area is 326 Å². The Balaban J connectivity index is 1.14. The maximum absolute atomic E-state index is 5.18. The normalized spacial score (nSPS) is 11.2. The van der Waals surface area contributed by atoms with E-state index in [2.05, 4.69) is 206 Å². The molecule has 1 heterocycles. The maximum atomic E-state index is 5.18. The molecular formula is C53H35N3. The van der Waals surface area contributed by atoms with Gasteiger partial charge in [-0.25, -0.2) is 15.0 Å². The first-order valence-electron chi connectivity index (χ1n) is 18.9. The van der Waals surface area contributed by atoms with Gasteiger partial charge < -0.3 is 0 Å². The van der Waals surface area contributed by atoms with Crippen LogP contribution in [0.5, 0.6) is 0 Å². The first kappa shape index (κ1) is 33.1. The molecule has 262 valence electrons. The number of hydrogen-bond donors (Lipinski definition) is 0. The fourth-order valence-corrected chi connectivity index (χ4v) is 7.68. The summed E-state index contributed by atoms with van der Waals surface area (Å²) in [7, 11) is 0. The van der Waals surface area contributed by atoms with Gasteiger partial charge in [-0.15, -0.1) is 0 Å². The van der Waals surface area contributed by atoms with E-state index < -0.39 is 0 Å². The molecule has 0 atom stereocenters. The Morgan fingerprint density at radius 2 is 0.679 bits per heavy atom. The van der Waals surface area contributed by atoms with Crippen LogP contribution in [0.15, 0.2) is 212 Å². The lowest BCUT2D eigenvalue weighted by Crippen LogP contribution is -2.00. The molecule has 10 rings (SSSR count). The molecule has 0 bridgehead atoms. The largest absolute Gasteiger partial charge is 0.208 e. The molecule has 0 amide bonds. The van der Waals surface area contributed by atoms with Crippen molar-refractivity contribution >= 4 is 21.5 Å². The van der Waals surface area contributed by atoms with Gasteiger partial charge in [-0.05, 0) is 90.3 Å². The number of rotatable bonds is 7. The Bertz CT molecular complexity index is 3020. The van der Waals surface area contributed by atoms with E-state index in [4.69, 9.17) is 15.0 Å². The van der Waals surface area contributed by atoms with E-state index in [-0.39, 0.29) is 0 Å². The van der Waals surface area contributed by atoms with Crippen LogP contribution in [0.4, 0.5) is 0 Å². The van der Waals surface area contributed by atoms with Crippen LogP contribution in [0.2, 0.25) is 0 Å². The first-order valence-corrected chi connectivity index (χ1v) is 18.9. The molecule has 10 aromatic rings. The molecule has 0 aliphatic rings. The van der Waals surface area contributed by atoms with Crippen molar-refractivity contribution < 1.29 is 0 Å². The van der Waals surface area contributed by atoms with Crippen LogP contribution in [-0.4, -0.2) is 15.0 Å². The van der Waals surface area contributed by atoms with E-state index in [1.54, 1.807) is 0 Å². The lowest BCUT2D eigenvalue weighted by atomic mass is 9.88. The van der Waals surface area contributed by atoms with Crippen molar-refractivity contribution in [2.75, 3.05) is 0 Å². The molecule has 0 fully saturated rings. The smallest absolute Gasteiger partial charge is 0.164 e. The van der Waals surface area contributed by atoms with Crippen LogP contribution in [0.1, 0.15) is 0 Å². The van der Waals surface area contributed by atoms with Gasteiger partial charge in [-0.2, -0.15) is 0 Å². The molecule has 0 spiro atoms. The standard InChI is InChI=1S/C53H35N3/c1-3-14-36(15-4-1)41-22-11-24-44(32-41)51-54-52(56-53(55-51)46-29-28-38-18-7-8-20-40(38)33-46)45-25-12-23-43(34-45)48-31-30-42(37-16-5-2-6-17-37)35-50(48)49-27-13-21-39-19-9-10-26-47(39)49/h1-35H. The van der Waals surface area contributed by atoms with Gasteiger partial charge in [-0.1, -0.05) is 188 Å². The van der Waals surface area contributed by atoms with Crippen molar-refractivity contribution in [2.45, 2.75) is 0 Å². The Morgan fingerprint density at radius 1 is 0.214 bits per heavy atom. The predicted molar refractivity (Wildman–Crippen MR) is 233 cm³/mol. The molecule has 56 heavy (non-hydrogen) atoms. The average Bonchev–Trinajstić information content (AvgIpc) is 3.29.